The topological polar surface area (TPSA) is 17.1 Å². The highest BCUT2D eigenvalue weighted by atomic mass is 32.1. The van der Waals surface area contributed by atoms with E-state index < -0.39 is 0 Å². The van der Waals surface area contributed by atoms with E-state index in [-0.39, 0.29) is 0 Å². The fourth-order valence-corrected chi connectivity index (χ4v) is 2.99. The normalized spacial score (nSPS) is 10.3. The van der Waals surface area contributed by atoms with Crippen LogP contribution in [-0.4, -0.2) is 6.29 Å². The molecule has 0 bridgehead atoms. The number of carbonyl (C=O) groups is 1. The Hall–Kier alpha value is -2.19. The molecule has 1 nitrogen and oxygen atoms in total. The molecule has 1 heterocycles. The summed E-state index contributed by atoms with van der Waals surface area (Å²) in [6.45, 7) is 0. The van der Waals surface area contributed by atoms with Gasteiger partial charge < -0.3 is 0 Å². The van der Waals surface area contributed by atoms with Gasteiger partial charge in [0, 0.05) is 15.3 Å². The van der Waals surface area contributed by atoms with Crippen LogP contribution in [0.3, 0.4) is 0 Å². The summed E-state index contributed by atoms with van der Waals surface area (Å²) < 4.78 is 0. The molecule has 0 N–H and O–H groups in total. The summed E-state index contributed by atoms with van der Waals surface area (Å²) in [7, 11) is 0. The summed E-state index contributed by atoms with van der Waals surface area (Å²) in [5.41, 5.74) is 3.10. The zero-order chi connectivity index (χ0) is 13.1. The van der Waals surface area contributed by atoms with Crippen LogP contribution < -0.4 is 0 Å². The van der Waals surface area contributed by atoms with E-state index in [1.165, 1.54) is 15.3 Å². The number of benzene rings is 2. The van der Waals surface area contributed by atoms with Crippen LogP contribution in [0, 0.1) is 0 Å². The van der Waals surface area contributed by atoms with Crippen molar-refractivity contribution in [3.63, 3.8) is 0 Å². The highest BCUT2D eigenvalue weighted by molar-refractivity contribution is 7.18. The van der Waals surface area contributed by atoms with Crippen LogP contribution in [0.4, 0.5) is 0 Å². The van der Waals surface area contributed by atoms with Crippen LogP contribution in [0.1, 0.15) is 10.4 Å². The molecule has 0 aliphatic rings. The minimum atomic E-state index is 0.712. The van der Waals surface area contributed by atoms with Gasteiger partial charge in [-0.3, -0.25) is 4.79 Å². The first kappa shape index (κ1) is 11.9. The molecule has 0 atom stereocenters. The molecule has 2 heteroatoms. The van der Waals surface area contributed by atoms with Crippen LogP contribution in [0.2, 0.25) is 0 Å². The SMILES string of the molecule is O=Cc1ccc(-c2ccc(-c3ccccc3)s2)cc1. The second-order valence-electron chi connectivity index (χ2n) is 4.27. The van der Waals surface area contributed by atoms with Crippen molar-refractivity contribution >= 4 is 17.6 Å². The van der Waals surface area contributed by atoms with Crippen molar-refractivity contribution in [2.45, 2.75) is 0 Å². The zero-order valence-corrected chi connectivity index (χ0v) is 11.1. The minimum absolute atomic E-state index is 0.712. The maximum absolute atomic E-state index is 10.6. The van der Waals surface area contributed by atoms with Crippen molar-refractivity contribution in [2.75, 3.05) is 0 Å². The number of hydrogen-bond donors (Lipinski definition) is 0. The molecule has 3 rings (SSSR count). The maximum atomic E-state index is 10.6. The largest absolute Gasteiger partial charge is 0.298 e. The summed E-state index contributed by atoms with van der Waals surface area (Å²) in [6.07, 6.45) is 0.869. The van der Waals surface area contributed by atoms with Gasteiger partial charge in [-0.2, -0.15) is 0 Å². The highest BCUT2D eigenvalue weighted by Gasteiger charge is 2.04. The Morgan fingerprint density at radius 3 is 1.84 bits per heavy atom. The summed E-state index contributed by atoms with van der Waals surface area (Å²) in [4.78, 5) is 13.1. The van der Waals surface area contributed by atoms with Crippen molar-refractivity contribution in [1.82, 2.24) is 0 Å². The number of rotatable bonds is 3. The molecule has 0 fully saturated rings. The molecule has 92 valence electrons. The Labute approximate surface area is 116 Å². The lowest BCUT2D eigenvalue weighted by Gasteiger charge is -1.98. The molecule has 0 aliphatic heterocycles. The molecule has 0 unspecified atom stereocenters. The molecule has 2 aromatic carbocycles. The quantitative estimate of drug-likeness (QED) is 0.615. The Bertz CT molecular complexity index is 681. The lowest BCUT2D eigenvalue weighted by atomic mass is 10.1. The summed E-state index contributed by atoms with van der Waals surface area (Å²) in [5.74, 6) is 0. The van der Waals surface area contributed by atoms with Gasteiger partial charge in [-0.05, 0) is 23.3 Å². The first-order valence-electron chi connectivity index (χ1n) is 6.08. The number of thiophene rings is 1. The van der Waals surface area contributed by atoms with Crippen molar-refractivity contribution < 1.29 is 4.79 Å². The Morgan fingerprint density at radius 1 is 0.684 bits per heavy atom. The van der Waals surface area contributed by atoms with E-state index in [1.54, 1.807) is 11.3 Å². The van der Waals surface area contributed by atoms with Gasteiger partial charge in [0.1, 0.15) is 6.29 Å². The van der Waals surface area contributed by atoms with Crippen LogP contribution in [-0.2, 0) is 0 Å². The monoisotopic (exact) mass is 264 g/mol. The third-order valence-corrected chi connectivity index (χ3v) is 4.18. The third-order valence-electron chi connectivity index (χ3n) is 3.00. The van der Waals surface area contributed by atoms with Crippen LogP contribution in [0.5, 0.6) is 0 Å². The molecule has 0 aliphatic carbocycles. The van der Waals surface area contributed by atoms with Gasteiger partial charge in [0.2, 0.25) is 0 Å². The Morgan fingerprint density at radius 2 is 1.26 bits per heavy atom. The number of carbonyl (C=O) groups excluding carboxylic acids is 1. The van der Waals surface area contributed by atoms with E-state index in [4.69, 9.17) is 0 Å². The van der Waals surface area contributed by atoms with Gasteiger partial charge in [0.15, 0.2) is 0 Å². The molecular weight excluding hydrogens is 252 g/mol. The van der Waals surface area contributed by atoms with E-state index in [0.29, 0.717) is 5.56 Å². The predicted octanol–water partition coefficient (Wildman–Crippen LogP) is 4.89. The van der Waals surface area contributed by atoms with E-state index >= 15 is 0 Å². The van der Waals surface area contributed by atoms with Gasteiger partial charge in [-0.1, -0.05) is 54.6 Å². The highest BCUT2D eigenvalue weighted by Crippen LogP contribution is 2.34. The molecule has 0 radical (unpaired) electrons. The molecule has 19 heavy (non-hydrogen) atoms. The van der Waals surface area contributed by atoms with Gasteiger partial charge in [0.25, 0.3) is 0 Å². The van der Waals surface area contributed by atoms with Crippen LogP contribution >= 0.6 is 11.3 Å². The van der Waals surface area contributed by atoms with Crippen molar-refractivity contribution in [3.8, 4) is 20.9 Å². The second-order valence-corrected chi connectivity index (χ2v) is 5.35. The van der Waals surface area contributed by atoms with Gasteiger partial charge in [-0.25, -0.2) is 0 Å². The molecule has 0 spiro atoms. The van der Waals surface area contributed by atoms with E-state index in [1.807, 2.05) is 42.5 Å². The molecule has 0 saturated heterocycles. The summed E-state index contributed by atoms with van der Waals surface area (Å²) >= 11 is 1.76. The number of hydrogen-bond acceptors (Lipinski definition) is 2. The predicted molar refractivity (Wildman–Crippen MR) is 80.6 cm³/mol. The van der Waals surface area contributed by atoms with Crippen molar-refractivity contribution in [2.24, 2.45) is 0 Å². The fraction of sp³-hybridized carbons (Fsp3) is 0. The molecule has 3 aromatic rings. The Balaban J connectivity index is 1.94. The van der Waals surface area contributed by atoms with Gasteiger partial charge >= 0.3 is 0 Å². The van der Waals surface area contributed by atoms with Gasteiger partial charge in [0.05, 0.1) is 0 Å². The first-order chi connectivity index (χ1) is 9.36. The fourth-order valence-electron chi connectivity index (χ4n) is 1.98. The standard InChI is InChI=1S/C17H12OS/c18-12-13-6-8-15(9-7-13)17-11-10-16(19-17)14-4-2-1-3-5-14/h1-12H. The van der Waals surface area contributed by atoms with E-state index in [9.17, 15) is 4.79 Å². The average Bonchev–Trinajstić information content (AvgIpc) is 2.98. The van der Waals surface area contributed by atoms with Gasteiger partial charge in [-0.15, -0.1) is 11.3 Å². The van der Waals surface area contributed by atoms with E-state index in [0.717, 1.165) is 11.8 Å². The summed E-state index contributed by atoms with van der Waals surface area (Å²) in [5, 5.41) is 0. The third kappa shape index (κ3) is 2.49. The van der Waals surface area contributed by atoms with Crippen molar-refractivity contribution in [1.29, 1.82) is 0 Å². The first-order valence-corrected chi connectivity index (χ1v) is 6.89. The minimum Gasteiger partial charge on any atom is -0.298 e. The average molecular weight is 264 g/mol. The molecular formula is C17H12OS. The van der Waals surface area contributed by atoms with Crippen LogP contribution in [0.15, 0.2) is 66.7 Å². The molecule has 0 amide bonds. The van der Waals surface area contributed by atoms with E-state index in [2.05, 4.69) is 24.3 Å². The Kier molecular flexibility index (Phi) is 3.25. The summed E-state index contributed by atoms with van der Waals surface area (Å²) in [6, 6.07) is 22.3. The van der Waals surface area contributed by atoms with Crippen molar-refractivity contribution in [3.05, 3.63) is 72.3 Å². The number of aldehydes is 1. The molecule has 1 aromatic heterocycles. The smallest absolute Gasteiger partial charge is 0.150 e. The lowest BCUT2D eigenvalue weighted by molar-refractivity contribution is 0.112. The maximum Gasteiger partial charge on any atom is 0.150 e. The molecule has 0 saturated carbocycles. The lowest BCUT2D eigenvalue weighted by Crippen LogP contribution is -1.78. The van der Waals surface area contributed by atoms with Crippen LogP contribution in [0.25, 0.3) is 20.9 Å². The zero-order valence-electron chi connectivity index (χ0n) is 10.2. The second kappa shape index (κ2) is 5.21.